The van der Waals surface area contributed by atoms with Gasteiger partial charge in [-0.3, -0.25) is 0 Å². The number of rotatable bonds is 5. The molecule has 0 aromatic heterocycles. The van der Waals surface area contributed by atoms with Crippen molar-refractivity contribution < 1.29 is 13.5 Å². The molecule has 0 saturated heterocycles. The standard InChI is InChI=1S/C9H22N2O3S/c1-6-9(5,12)7-10-15(13,14)11-8(2,3)4/h10-12H,6-7H2,1-5H3. The van der Waals surface area contributed by atoms with Gasteiger partial charge in [-0.15, -0.1) is 0 Å². The van der Waals surface area contributed by atoms with Gasteiger partial charge in [-0.25, -0.2) is 0 Å². The van der Waals surface area contributed by atoms with Gasteiger partial charge in [0.2, 0.25) is 0 Å². The smallest absolute Gasteiger partial charge is 0.277 e. The van der Waals surface area contributed by atoms with Crippen molar-refractivity contribution in [3.63, 3.8) is 0 Å². The van der Waals surface area contributed by atoms with Gasteiger partial charge in [-0.2, -0.15) is 17.9 Å². The van der Waals surface area contributed by atoms with Crippen LogP contribution < -0.4 is 9.44 Å². The van der Waals surface area contributed by atoms with Gasteiger partial charge in [0.25, 0.3) is 10.2 Å². The maximum atomic E-state index is 11.5. The molecule has 0 bridgehead atoms. The van der Waals surface area contributed by atoms with Gasteiger partial charge in [-0.05, 0) is 34.1 Å². The summed E-state index contributed by atoms with van der Waals surface area (Å²) in [5.74, 6) is 0. The van der Waals surface area contributed by atoms with Crippen LogP contribution >= 0.6 is 0 Å². The Morgan fingerprint density at radius 1 is 1.20 bits per heavy atom. The maximum absolute atomic E-state index is 11.5. The van der Waals surface area contributed by atoms with Crippen LogP contribution in [0.3, 0.4) is 0 Å². The molecule has 0 rings (SSSR count). The number of nitrogens with one attached hydrogen (secondary N) is 2. The molecule has 5 nitrogen and oxygen atoms in total. The highest BCUT2D eigenvalue weighted by Crippen LogP contribution is 2.07. The van der Waals surface area contributed by atoms with Gasteiger partial charge in [0.1, 0.15) is 0 Å². The van der Waals surface area contributed by atoms with Gasteiger partial charge in [0.15, 0.2) is 0 Å². The molecule has 0 aliphatic rings. The van der Waals surface area contributed by atoms with Gasteiger partial charge < -0.3 is 5.11 Å². The first-order valence-electron chi connectivity index (χ1n) is 4.98. The largest absolute Gasteiger partial charge is 0.389 e. The van der Waals surface area contributed by atoms with E-state index in [9.17, 15) is 13.5 Å². The summed E-state index contributed by atoms with van der Waals surface area (Å²) in [5.41, 5.74) is -1.53. The second-order valence-electron chi connectivity index (χ2n) is 5.03. The molecule has 1 atom stereocenters. The average Bonchev–Trinajstić information content (AvgIpc) is 1.97. The molecule has 0 fully saturated rings. The van der Waals surface area contributed by atoms with E-state index in [1.807, 2.05) is 0 Å². The third kappa shape index (κ3) is 7.72. The maximum Gasteiger partial charge on any atom is 0.277 e. The molecule has 0 aromatic rings. The Labute approximate surface area is 92.4 Å². The van der Waals surface area contributed by atoms with E-state index in [0.717, 1.165) is 0 Å². The molecule has 15 heavy (non-hydrogen) atoms. The van der Waals surface area contributed by atoms with Crippen molar-refractivity contribution in [2.75, 3.05) is 6.54 Å². The topological polar surface area (TPSA) is 78.4 Å². The normalized spacial score (nSPS) is 17.5. The molecule has 3 N–H and O–H groups in total. The van der Waals surface area contributed by atoms with Crippen LogP contribution in [0.15, 0.2) is 0 Å². The van der Waals surface area contributed by atoms with E-state index < -0.39 is 21.3 Å². The Kier molecular flexibility index (Phi) is 4.72. The van der Waals surface area contributed by atoms with E-state index in [0.29, 0.717) is 6.42 Å². The van der Waals surface area contributed by atoms with E-state index in [4.69, 9.17) is 0 Å². The second-order valence-corrected chi connectivity index (χ2v) is 6.53. The molecule has 0 saturated carbocycles. The predicted octanol–water partition coefficient (Wildman–Crippen LogP) is 0.370. The summed E-state index contributed by atoms with van der Waals surface area (Å²) in [6.07, 6.45) is 0.491. The third-order valence-electron chi connectivity index (χ3n) is 1.85. The van der Waals surface area contributed by atoms with Crippen LogP contribution in [0.5, 0.6) is 0 Å². The minimum atomic E-state index is -3.54. The second kappa shape index (κ2) is 4.78. The van der Waals surface area contributed by atoms with E-state index in [1.54, 1.807) is 34.6 Å². The van der Waals surface area contributed by atoms with Crippen LogP contribution in [0.1, 0.15) is 41.0 Å². The minimum Gasteiger partial charge on any atom is -0.389 e. The summed E-state index contributed by atoms with van der Waals surface area (Å²) in [7, 11) is -3.54. The molecule has 0 heterocycles. The van der Waals surface area contributed by atoms with Gasteiger partial charge in [0, 0.05) is 12.1 Å². The third-order valence-corrected chi connectivity index (χ3v) is 3.25. The van der Waals surface area contributed by atoms with Crippen molar-refractivity contribution in [2.45, 2.75) is 52.2 Å². The number of aliphatic hydroxyl groups is 1. The van der Waals surface area contributed by atoms with Crippen molar-refractivity contribution >= 4 is 10.2 Å². The van der Waals surface area contributed by atoms with Crippen LogP contribution in [-0.4, -0.2) is 31.2 Å². The first kappa shape index (κ1) is 14.8. The first-order valence-corrected chi connectivity index (χ1v) is 6.47. The summed E-state index contributed by atoms with van der Waals surface area (Å²) >= 11 is 0. The van der Waals surface area contributed by atoms with E-state index in [-0.39, 0.29) is 6.54 Å². The lowest BCUT2D eigenvalue weighted by atomic mass is 10.1. The van der Waals surface area contributed by atoms with Crippen LogP contribution in [0.25, 0.3) is 0 Å². The highest BCUT2D eigenvalue weighted by molar-refractivity contribution is 7.87. The zero-order chi connectivity index (χ0) is 12.3. The minimum absolute atomic E-state index is 0.00884. The molecule has 0 aromatic carbocycles. The first-order chi connectivity index (χ1) is 6.47. The monoisotopic (exact) mass is 238 g/mol. The molecule has 0 aliphatic carbocycles. The lowest BCUT2D eigenvalue weighted by Gasteiger charge is -2.24. The highest BCUT2D eigenvalue weighted by atomic mass is 32.2. The summed E-state index contributed by atoms with van der Waals surface area (Å²) < 4.78 is 27.7. The summed E-state index contributed by atoms with van der Waals surface area (Å²) in [6.45, 7) is 8.66. The fraction of sp³-hybridized carbons (Fsp3) is 1.00. The number of hydrogen-bond donors (Lipinski definition) is 3. The van der Waals surface area contributed by atoms with Crippen molar-refractivity contribution in [3.05, 3.63) is 0 Å². The average molecular weight is 238 g/mol. The van der Waals surface area contributed by atoms with Gasteiger partial charge in [-0.1, -0.05) is 6.92 Å². The predicted molar refractivity (Wildman–Crippen MR) is 60.7 cm³/mol. The molecule has 0 radical (unpaired) electrons. The fourth-order valence-electron chi connectivity index (χ4n) is 0.815. The Balaban J connectivity index is 4.30. The zero-order valence-electron chi connectivity index (χ0n) is 10.1. The molecular weight excluding hydrogens is 216 g/mol. The lowest BCUT2D eigenvalue weighted by molar-refractivity contribution is 0.0612. The summed E-state index contributed by atoms with van der Waals surface area (Å²) in [4.78, 5) is 0. The lowest BCUT2D eigenvalue weighted by Crippen LogP contribution is -2.50. The zero-order valence-corrected chi connectivity index (χ0v) is 10.9. The quantitative estimate of drug-likeness (QED) is 0.647. The van der Waals surface area contributed by atoms with Crippen molar-refractivity contribution in [1.82, 2.24) is 9.44 Å². The van der Waals surface area contributed by atoms with Crippen LogP contribution in [0.4, 0.5) is 0 Å². The molecule has 0 aliphatic heterocycles. The highest BCUT2D eigenvalue weighted by Gasteiger charge is 2.24. The molecule has 92 valence electrons. The fourth-order valence-corrected chi connectivity index (χ4v) is 2.19. The molecular formula is C9H22N2O3S. The van der Waals surface area contributed by atoms with Crippen LogP contribution in [-0.2, 0) is 10.2 Å². The molecule has 6 heteroatoms. The van der Waals surface area contributed by atoms with Crippen molar-refractivity contribution in [1.29, 1.82) is 0 Å². The Morgan fingerprint density at radius 2 is 1.67 bits per heavy atom. The van der Waals surface area contributed by atoms with E-state index in [2.05, 4.69) is 9.44 Å². The van der Waals surface area contributed by atoms with E-state index in [1.165, 1.54) is 0 Å². The van der Waals surface area contributed by atoms with E-state index >= 15 is 0 Å². The van der Waals surface area contributed by atoms with Crippen LogP contribution in [0.2, 0.25) is 0 Å². The van der Waals surface area contributed by atoms with Crippen molar-refractivity contribution in [3.8, 4) is 0 Å². The Hall–Kier alpha value is -0.170. The van der Waals surface area contributed by atoms with Crippen LogP contribution in [0, 0.1) is 0 Å². The Bertz CT molecular complexity index is 291. The van der Waals surface area contributed by atoms with Crippen molar-refractivity contribution in [2.24, 2.45) is 0 Å². The SMILES string of the molecule is CCC(C)(O)CNS(=O)(=O)NC(C)(C)C. The summed E-state index contributed by atoms with van der Waals surface area (Å²) in [6, 6.07) is 0. The summed E-state index contributed by atoms with van der Waals surface area (Å²) in [5, 5.41) is 9.63. The molecule has 0 spiro atoms. The van der Waals surface area contributed by atoms with Gasteiger partial charge >= 0.3 is 0 Å². The van der Waals surface area contributed by atoms with Gasteiger partial charge in [0.05, 0.1) is 5.60 Å². The Morgan fingerprint density at radius 3 is 2.00 bits per heavy atom. The molecule has 0 amide bonds. The number of hydrogen-bond acceptors (Lipinski definition) is 3. The molecule has 1 unspecified atom stereocenters.